The summed E-state index contributed by atoms with van der Waals surface area (Å²) in [5.74, 6) is 0.838. The molecule has 114 valence electrons. The van der Waals surface area contributed by atoms with E-state index in [0.29, 0.717) is 0 Å². The molecule has 6 heteroatoms. The quantitative estimate of drug-likeness (QED) is 0.417. The van der Waals surface area contributed by atoms with Gasteiger partial charge in [-0.2, -0.15) is 0 Å². The van der Waals surface area contributed by atoms with Crippen LogP contribution in [0.15, 0.2) is 11.2 Å². The average molecular weight is 298 g/mol. The summed E-state index contributed by atoms with van der Waals surface area (Å²) in [4.78, 5) is 9.92. The first-order chi connectivity index (χ1) is 9.80. The first kappa shape index (κ1) is 16.9. The third-order valence-corrected chi connectivity index (χ3v) is 4.04. The summed E-state index contributed by atoms with van der Waals surface area (Å²) < 4.78 is 5.03. The van der Waals surface area contributed by atoms with Gasteiger partial charge < -0.3 is 15.4 Å². The lowest BCUT2D eigenvalue weighted by molar-refractivity contribution is 0.192. The topological polar surface area (TPSA) is 58.5 Å². The second-order valence-electron chi connectivity index (χ2n) is 4.48. The molecule has 0 fully saturated rings. The predicted octanol–water partition coefficient (Wildman–Crippen LogP) is 2.19. The second kappa shape index (κ2) is 10.6. The summed E-state index contributed by atoms with van der Waals surface area (Å²) >= 11 is 1.75. The molecular weight excluding hydrogens is 272 g/mol. The Morgan fingerprint density at radius 1 is 1.35 bits per heavy atom. The third kappa shape index (κ3) is 6.86. The molecule has 20 heavy (non-hydrogen) atoms. The smallest absolute Gasteiger partial charge is 0.191 e. The highest BCUT2D eigenvalue weighted by molar-refractivity contribution is 7.11. The van der Waals surface area contributed by atoms with Crippen LogP contribution in [0.1, 0.15) is 36.1 Å². The lowest BCUT2D eigenvalue weighted by atomic mass is 10.2. The van der Waals surface area contributed by atoms with Crippen molar-refractivity contribution in [2.75, 3.05) is 27.3 Å². The van der Waals surface area contributed by atoms with Gasteiger partial charge in [0.1, 0.15) is 5.01 Å². The van der Waals surface area contributed by atoms with Crippen LogP contribution < -0.4 is 10.6 Å². The van der Waals surface area contributed by atoms with E-state index in [1.807, 2.05) is 6.20 Å². The van der Waals surface area contributed by atoms with Crippen molar-refractivity contribution in [3.63, 3.8) is 0 Å². The van der Waals surface area contributed by atoms with Gasteiger partial charge in [0.2, 0.25) is 0 Å². The van der Waals surface area contributed by atoms with Gasteiger partial charge in [-0.15, -0.1) is 11.3 Å². The minimum atomic E-state index is 0.730. The summed E-state index contributed by atoms with van der Waals surface area (Å²) in [5.41, 5.74) is 0. The molecule has 1 rings (SSSR count). The number of aromatic nitrogens is 1. The summed E-state index contributed by atoms with van der Waals surface area (Å²) in [6.45, 7) is 4.65. The largest absolute Gasteiger partial charge is 0.385 e. The van der Waals surface area contributed by atoms with E-state index in [1.165, 1.54) is 11.3 Å². The van der Waals surface area contributed by atoms with Crippen molar-refractivity contribution in [2.24, 2.45) is 4.99 Å². The summed E-state index contributed by atoms with van der Waals surface area (Å²) in [5, 5.41) is 7.70. The molecule has 0 saturated carbocycles. The molecule has 0 bridgehead atoms. The van der Waals surface area contributed by atoms with E-state index in [0.717, 1.165) is 49.9 Å². The van der Waals surface area contributed by atoms with E-state index >= 15 is 0 Å². The number of nitrogens with zero attached hydrogens (tertiary/aromatic N) is 2. The minimum Gasteiger partial charge on any atom is -0.385 e. The van der Waals surface area contributed by atoms with E-state index in [9.17, 15) is 0 Å². The van der Waals surface area contributed by atoms with Crippen molar-refractivity contribution >= 4 is 17.3 Å². The molecule has 0 atom stereocenters. The number of ether oxygens (including phenoxy) is 1. The Hall–Kier alpha value is -1.14. The molecule has 2 N–H and O–H groups in total. The van der Waals surface area contributed by atoms with E-state index in [1.54, 1.807) is 25.5 Å². The van der Waals surface area contributed by atoms with Crippen LogP contribution >= 0.6 is 11.3 Å². The third-order valence-electron chi connectivity index (χ3n) is 2.90. The van der Waals surface area contributed by atoms with E-state index in [2.05, 4.69) is 27.5 Å². The zero-order valence-electron chi connectivity index (χ0n) is 12.7. The molecule has 0 aliphatic carbocycles. The Morgan fingerprint density at radius 3 is 2.85 bits per heavy atom. The van der Waals surface area contributed by atoms with Crippen molar-refractivity contribution < 1.29 is 4.74 Å². The van der Waals surface area contributed by atoms with Crippen LogP contribution in [0.25, 0.3) is 0 Å². The minimum absolute atomic E-state index is 0.730. The summed E-state index contributed by atoms with van der Waals surface area (Å²) in [6.07, 6.45) is 6.41. The number of aliphatic imine (C=N–C) groups is 1. The number of nitrogens with one attached hydrogen (secondary N) is 2. The summed E-state index contributed by atoms with van der Waals surface area (Å²) in [6, 6.07) is 0. The molecule has 1 heterocycles. The SMILES string of the molecule is CCc1cnc(CNC(=NC)NCCCCCOC)s1. The zero-order chi connectivity index (χ0) is 14.6. The Labute approximate surface area is 125 Å². The maximum Gasteiger partial charge on any atom is 0.191 e. The van der Waals surface area contributed by atoms with Crippen molar-refractivity contribution in [1.29, 1.82) is 0 Å². The summed E-state index contributed by atoms with van der Waals surface area (Å²) in [7, 11) is 3.53. The molecule has 0 spiro atoms. The molecule has 1 aromatic heterocycles. The average Bonchev–Trinajstić information content (AvgIpc) is 2.94. The van der Waals surface area contributed by atoms with Crippen LogP contribution in [-0.2, 0) is 17.7 Å². The highest BCUT2D eigenvalue weighted by Crippen LogP contribution is 2.12. The van der Waals surface area contributed by atoms with Crippen LogP contribution in [0.5, 0.6) is 0 Å². The van der Waals surface area contributed by atoms with Gasteiger partial charge in [-0.3, -0.25) is 4.99 Å². The van der Waals surface area contributed by atoms with Gasteiger partial charge in [0.15, 0.2) is 5.96 Å². The Morgan fingerprint density at radius 2 is 2.20 bits per heavy atom. The van der Waals surface area contributed by atoms with Crippen LogP contribution in [0, 0.1) is 0 Å². The molecule has 0 radical (unpaired) electrons. The van der Waals surface area contributed by atoms with E-state index in [-0.39, 0.29) is 0 Å². The molecule has 0 aliphatic heterocycles. The van der Waals surface area contributed by atoms with Gasteiger partial charge >= 0.3 is 0 Å². The molecule has 5 nitrogen and oxygen atoms in total. The number of thiazole rings is 1. The fourth-order valence-corrected chi connectivity index (χ4v) is 2.53. The number of guanidine groups is 1. The Bertz CT molecular complexity index is 392. The van der Waals surface area contributed by atoms with Crippen LogP contribution in [0.2, 0.25) is 0 Å². The Kier molecular flexibility index (Phi) is 8.98. The number of methoxy groups -OCH3 is 1. The lowest BCUT2D eigenvalue weighted by Crippen LogP contribution is -2.37. The van der Waals surface area contributed by atoms with Gasteiger partial charge in [-0.25, -0.2) is 4.98 Å². The van der Waals surface area contributed by atoms with E-state index in [4.69, 9.17) is 4.74 Å². The molecule has 0 unspecified atom stereocenters. The molecular formula is C14H26N4OS. The first-order valence-electron chi connectivity index (χ1n) is 7.17. The van der Waals surface area contributed by atoms with Crippen LogP contribution in [0.3, 0.4) is 0 Å². The number of aryl methyl sites for hydroxylation is 1. The van der Waals surface area contributed by atoms with Crippen LogP contribution in [-0.4, -0.2) is 38.3 Å². The number of hydrogen-bond acceptors (Lipinski definition) is 4. The molecule has 0 saturated heterocycles. The molecule has 0 aliphatic rings. The predicted molar refractivity (Wildman–Crippen MR) is 85.4 cm³/mol. The molecule has 1 aromatic rings. The van der Waals surface area contributed by atoms with Crippen molar-refractivity contribution in [1.82, 2.24) is 15.6 Å². The number of rotatable bonds is 9. The van der Waals surface area contributed by atoms with Crippen molar-refractivity contribution in [3.05, 3.63) is 16.1 Å². The van der Waals surface area contributed by atoms with Crippen molar-refractivity contribution in [2.45, 2.75) is 39.2 Å². The highest BCUT2D eigenvalue weighted by Gasteiger charge is 2.02. The van der Waals surface area contributed by atoms with Crippen molar-refractivity contribution in [3.8, 4) is 0 Å². The molecule has 0 amide bonds. The zero-order valence-corrected chi connectivity index (χ0v) is 13.6. The van der Waals surface area contributed by atoms with Gasteiger partial charge in [-0.1, -0.05) is 6.92 Å². The highest BCUT2D eigenvalue weighted by atomic mass is 32.1. The monoisotopic (exact) mass is 298 g/mol. The van der Waals surface area contributed by atoms with Gasteiger partial charge in [0, 0.05) is 38.4 Å². The maximum atomic E-state index is 5.03. The lowest BCUT2D eigenvalue weighted by Gasteiger charge is -2.10. The second-order valence-corrected chi connectivity index (χ2v) is 5.68. The Balaban J connectivity index is 2.16. The fourth-order valence-electron chi connectivity index (χ4n) is 1.73. The number of unbranched alkanes of at least 4 members (excludes halogenated alkanes) is 2. The van der Waals surface area contributed by atoms with Crippen LogP contribution in [0.4, 0.5) is 0 Å². The standard InChI is InChI=1S/C14H26N4OS/c1-4-12-10-17-13(20-12)11-18-14(15-2)16-8-6-5-7-9-19-3/h10H,4-9,11H2,1-3H3,(H2,15,16,18). The van der Waals surface area contributed by atoms with Gasteiger partial charge in [0.25, 0.3) is 0 Å². The first-order valence-corrected chi connectivity index (χ1v) is 7.98. The van der Waals surface area contributed by atoms with E-state index < -0.39 is 0 Å². The normalized spacial score (nSPS) is 11.7. The van der Waals surface area contributed by atoms with Gasteiger partial charge in [0.05, 0.1) is 6.54 Å². The van der Waals surface area contributed by atoms with Gasteiger partial charge in [-0.05, 0) is 25.7 Å². The maximum absolute atomic E-state index is 5.03. The molecule has 0 aromatic carbocycles. The number of hydrogen-bond donors (Lipinski definition) is 2. The fraction of sp³-hybridized carbons (Fsp3) is 0.714.